The molecule has 0 saturated heterocycles. The molecule has 0 spiro atoms. The number of rotatable bonds is 6. The number of halogens is 1. The Morgan fingerprint density at radius 2 is 2.25 bits per heavy atom. The maximum atomic E-state index is 8.95. The van der Waals surface area contributed by atoms with Gasteiger partial charge in [0.25, 0.3) is 0 Å². The molecule has 16 heavy (non-hydrogen) atoms. The van der Waals surface area contributed by atoms with Gasteiger partial charge < -0.3 is 10.4 Å². The zero-order chi connectivity index (χ0) is 12.0. The summed E-state index contributed by atoms with van der Waals surface area (Å²) in [6.45, 7) is 5.11. The van der Waals surface area contributed by atoms with Gasteiger partial charge in [0.15, 0.2) is 0 Å². The van der Waals surface area contributed by atoms with Crippen LogP contribution in [-0.4, -0.2) is 23.5 Å². The van der Waals surface area contributed by atoms with Crippen LogP contribution in [0.1, 0.15) is 19.4 Å². The first-order valence-electron chi connectivity index (χ1n) is 5.42. The van der Waals surface area contributed by atoms with Crippen molar-refractivity contribution in [3.63, 3.8) is 0 Å². The Morgan fingerprint density at radius 3 is 2.88 bits per heavy atom. The minimum absolute atomic E-state index is 0.142. The van der Waals surface area contributed by atoms with Gasteiger partial charge in [0.2, 0.25) is 0 Å². The molecule has 0 aliphatic carbocycles. The van der Waals surface area contributed by atoms with Crippen LogP contribution in [0, 0.1) is 0 Å². The van der Waals surface area contributed by atoms with Gasteiger partial charge in [0.1, 0.15) is 0 Å². The smallest absolute Gasteiger partial charge is 0.0582 e. The van der Waals surface area contributed by atoms with Gasteiger partial charge in [-0.15, -0.1) is 11.8 Å². The largest absolute Gasteiger partial charge is 0.395 e. The molecular formula is C12H18BrNOS. The van der Waals surface area contributed by atoms with E-state index in [9.17, 15) is 0 Å². The molecule has 0 heterocycles. The van der Waals surface area contributed by atoms with E-state index in [-0.39, 0.29) is 12.6 Å². The van der Waals surface area contributed by atoms with Crippen molar-refractivity contribution in [3.8, 4) is 0 Å². The van der Waals surface area contributed by atoms with Crippen LogP contribution in [0.3, 0.4) is 0 Å². The Bertz CT molecular complexity index is 333. The third-order valence-corrected chi connectivity index (χ3v) is 3.72. The van der Waals surface area contributed by atoms with Crippen LogP contribution in [0.15, 0.2) is 27.6 Å². The summed E-state index contributed by atoms with van der Waals surface area (Å²) in [5.41, 5.74) is 1.29. The Kier molecular flexibility index (Phi) is 6.43. The van der Waals surface area contributed by atoms with Crippen LogP contribution in [0.2, 0.25) is 0 Å². The summed E-state index contributed by atoms with van der Waals surface area (Å²) < 4.78 is 1.11. The first-order chi connectivity index (χ1) is 7.67. The van der Waals surface area contributed by atoms with Gasteiger partial charge in [-0.25, -0.2) is 0 Å². The second-order valence-corrected chi connectivity index (χ2v) is 5.87. The maximum Gasteiger partial charge on any atom is 0.0582 e. The van der Waals surface area contributed by atoms with Gasteiger partial charge in [-0.3, -0.25) is 0 Å². The first kappa shape index (κ1) is 14.0. The summed E-state index contributed by atoms with van der Waals surface area (Å²) >= 11 is 5.33. The quantitative estimate of drug-likeness (QED) is 0.792. The number of nitrogens with one attached hydrogen (secondary N) is 1. The van der Waals surface area contributed by atoms with Crippen LogP contribution in [0.25, 0.3) is 0 Å². The van der Waals surface area contributed by atoms with Crippen LogP contribution in [-0.2, 0) is 6.54 Å². The highest BCUT2D eigenvalue weighted by Crippen LogP contribution is 2.26. The van der Waals surface area contributed by atoms with Crippen LogP contribution >= 0.6 is 27.7 Å². The van der Waals surface area contributed by atoms with E-state index in [0.717, 1.165) is 16.8 Å². The molecule has 0 bridgehead atoms. The highest BCUT2D eigenvalue weighted by atomic mass is 79.9. The lowest BCUT2D eigenvalue weighted by Gasteiger charge is -2.13. The van der Waals surface area contributed by atoms with Gasteiger partial charge in [-0.1, -0.05) is 28.9 Å². The molecular weight excluding hydrogens is 286 g/mol. The van der Waals surface area contributed by atoms with Crippen LogP contribution < -0.4 is 5.32 Å². The van der Waals surface area contributed by atoms with Crippen molar-refractivity contribution in [2.75, 3.05) is 12.4 Å². The number of thioether (sulfide) groups is 1. The molecule has 90 valence electrons. The minimum Gasteiger partial charge on any atom is -0.395 e. The lowest BCUT2D eigenvalue weighted by Crippen LogP contribution is -2.28. The Labute approximate surface area is 110 Å². The lowest BCUT2D eigenvalue weighted by molar-refractivity contribution is 0.251. The summed E-state index contributed by atoms with van der Waals surface area (Å²) in [7, 11) is 0. The first-order valence-corrected chi connectivity index (χ1v) is 7.20. The summed E-state index contributed by atoms with van der Waals surface area (Å²) in [6.07, 6.45) is 0. The number of aliphatic hydroxyl groups excluding tert-OH is 1. The molecule has 0 unspecified atom stereocenters. The molecule has 0 amide bonds. The van der Waals surface area contributed by atoms with Gasteiger partial charge in [-0.2, -0.15) is 0 Å². The van der Waals surface area contributed by atoms with Crippen molar-refractivity contribution in [1.82, 2.24) is 5.32 Å². The van der Waals surface area contributed by atoms with Crippen molar-refractivity contribution in [3.05, 3.63) is 28.2 Å². The fourth-order valence-electron chi connectivity index (χ4n) is 1.31. The average molecular weight is 304 g/mol. The van der Waals surface area contributed by atoms with E-state index in [1.54, 1.807) is 0 Å². The molecule has 0 aliphatic heterocycles. The van der Waals surface area contributed by atoms with Crippen molar-refractivity contribution >= 4 is 27.7 Å². The monoisotopic (exact) mass is 303 g/mol. The van der Waals surface area contributed by atoms with Crippen molar-refractivity contribution in [2.45, 2.75) is 31.3 Å². The third-order valence-electron chi connectivity index (χ3n) is 2.24. The molecule has 0 saturated carbocycles. The Hall–Kier alpha value is -0.0300. The summed E-state index contributed by atoms with van der Waals surface area (Å²) in [6, 6.07) is 6.47. The molecule has 1 rings (SSSR count). The minimum atomic E-state index is 0.142. The van der Waals surface area contributed by atoms with Gasteiger partial charge in [0, 0.05) is 22.0 Å². The zero-order valence-electron chi connectivity index (χ0n) is 9.66. The van der Waals surface area contributed by atoms with E-state index >= 15 is 0 Å². The fourth-order valence-corrected chi connectivity index (χ4v) is 2.67. The molecule has 2 nitrogen and oxygen atoms in total. The second kappa shape index (κ2) is 7.33. The summed E-state index contributed by atoms with van der Waals surface area (Å²) in [4.78, 5) is 1.30. The molecule has 0 fully saturated rings. The predicted molar refractivity (Wildman–Crippen MR) is 73.9 cm³/mol. The normalized spacial score (nSPS) is 12.8. The SMILES string of the molecule is CCSc1cc(Br)ccc1CN[C@@H](C)CO. The predicted octanol–water partition coefficient (Wildman–Crippen LogP) is 3.03. The van der Waals surface area contributed by atoms with Crippen LogP contribution in [0.5, 0.6) is 0 Å². The van der Waals surface area contributed by atoms with E-state index in [4.69, 9.17) is 5.11 Å². The summed E-state index contributed by atoms with van der Waals surface area (Å²) in [5, 5.41) is 12.2. The van der Waals surface area contributed by atoms with E-state index in [1.165, 1.54) is 10.5 Å². The number of aliphatic hydroxyl groups is 1. The molecule has 0 aliphatic rings. The lowest BCUT2D eigenvalue weighted by atomic mass is 10.2. The zero-order valence-corrected chi connectivity index (χ0v) is 12.1. The summed E-state index contributed by atoms with van der Waals surface area (Å²) in [5.74, 6) is 1.07. The molecule has 2 N–H and O–H groups in total. The van der Waals surface area contributed by atoms with Gasteiger partial charge in [0.05, 0.1) is 6.61 Å². The molecule has 0 radical (unpaired) electrons. The van der Waals surface area contributed by atoms with E-state index in [2.05, 4.69) is 46.4 Å². The van der Waals surface area contributed by atoms with E-state index < -0.39 is 0 Å². The highest BCUT2D eigenvalue weighted by Gasteiger charge is 2.05. The molecule has 1 atom stereocenters. The topological polar surface area (TPSA) is 32.3 Å². The Morgan fingerprint density at radius 1 is 1.50 bits per heavy atom. The van der Waals surface area contributed by atoms with Crippen molar-refractivity contribution < 1.29 is 5.11 Å². The van der Waals surface area contributed by atoms with Gasteiger partial charge in [-0.05, 0) is 30.4 Å². The van der Waals surface area contributed by atoms with E-state index in [1.807, 2.05) is 18.7 Å². The second-order valence-electron chi connectivity index (χ2n) is 3.65. The standard InChI is InChI=1S/C12H18BrNOS/c1-3-16-12-6-11(13)5-4-10(12)7-14-9(2)8-15/h4-6,9,14-15H,3,7-8H2,1-2H3/t9-/m0/s1. The Balaban J connectivity index is 2.70. The van der Waals surface area contributed by atoms with Gasteiger partial charge >= 0.3 is 0 Å². The fraction of sp³-hybridized carbons (Fsp3) is 0.500. The average Bonchev–Trinajstić information content (AvgIpc) is 2.28. The number of hydrogen-bond donors (Lipinski definition) is 2. The van der Waals surface area contributed by atoms with Crippen LogP contribution in [0.4, 0.5) is 0 Å². The highest BCUT2D eigenvalue weighted by molar-refractivity contribution is 9.10. The molecule has 1 aromatic carbocycles. The molecule has 4 heteroatoms. The number of benzene rings is 1. The van der Waals surface area contributed by atoms with E-state index in [0.29, 0.717) is 0 Å². The maximum absolute atomic E-state index is 8.95. The van der Waals surface area contributed by atoms with Crippen molar-refractivity contribution in [1.29, 1.82) is 0 Å². The van der Waals surface area contributed by atoms with Crippen molar-refractivity contribution in [2.24, 2.45) is 0 Å². The third kappa shape index (κ3) is 4.45. The molecule has 0 aromatic heterocycles. The number of hydrogen-bond acceptors (Lipinski definition) is 3. The molecule has 1 aromatic rings.